The van der Waals surface area contributed by atoms with Crippen LogP contribution in [0.5, 0.6) is 11.5 Å². The van der Waals surface area contributed by atoms with Gasteiger partial charge in [-0.05, 0) is 67.1 Å². The fraction of sp³-hybridized carbons (Fsp3) is 0.0690. The van der Waals surface area contributed by atoms with E-state index in [0.717, 1.165) is 6.07 Å². The number of rotatable bonds is 4. The minimum Gasteiger partial charge on any atom is -0.457 e. The van der Waals surface area contributed by atoms with Crippen LogP contribution in [0.15, 0.2) is 100 Å². The quantitative estimate of drug-likeness (QED) is 0.309. The molecule has 0 radical (unpaired) electrons. The third-order valence-electron chi connectivity index (χ3n) is 6.11. The van der Waals surface area contributed by atoms with Gasteiger partial charge in [0.05, 0.1) is 17.0 Å². The lowest BCUT2D eigenvalue weighted by Gasteiger charge is -2.24. The number of aromatic nitrogens is 1. The minimum atomic E-state index is -0.843. The zero-order chi connectivity index (χ0) is 24.8. The molecule has 1 aliphatic rings. The molecule has 5 aromatic rings. The number of ether oxygens (including phenoxy) is 1. The molecule has 6 nitrogen and oxygen atoms in total. The van der Waals surface area contributed by atoms with Gasteiger partial charge in [-0.25, -0.2) is 9.37 Å². The molecule has 0 bridgehead atoms. The Morgan fingerprint density at radius 3 is 2.47 bits per heavy atom. The van der Waals surface area contributed by atoms with E-state index in [9.17, 15) is 14.0 Å². The maximum absolute atomic E-state index is 14.0. The van der Waals surface area contributed by atoms with E-state index in [4.69, 9.17) is 9.15 Å². The summed E-state index contributed by atoms with van der Waals surface area (Å²) in [6, 6.07) is 24.6. The summed E-state index contributed by atoms with van der Waals surface area (Å²) in [7, 11) is 0. The Morgan fingerprint density at radius 1 is 0.889 bits per heavy atom. The Balaban J connectivity index is 1.56. The molecule has 2 aromatic heterocycles. The van der Waals surface area contributed by atoms with E-state index in [2.05, 4.69) is 4.98 Å². The van der Waals surface area contributed by atoms with Gasteiger partial charge in [0.15, 0.2) is 5.43 Å². The molecule has 0 spiro atoms. The minimum absolute atomic E-state index is 0.0716. The highest BCUT2D eigenvalue weighted by molar-refractivity contribution is 6.10. The first-order valence-electron chi connectivity index (χ1n) is 11.4. The Hall–Kier alpha value is -4.78. The molecule has 6 rings (SSSR count). The van der Waals surface area contributed by atoms with E-state index < -0.39 is 23.2 Å². The lowest BCUT2D eigenvalue weighted by molar-refractivity contribution is 0.0970. The van der Waals surface area contributed by atoms with Gasteiger partial charge < -0.3 is 9.15 Å². The molecule has 1 aliphatic heterocycles. The van der Waals surface area contributed by atoms with Crippen molar-refractivity contribution < 1.29 is 18.3 Å². The summed E-state index contributed by atoms with van der Waals surface area (Å²) >= 11 is 0. The number of pyridine rings is 1. The lowest BCUT2D eigenvalue weighted by Crippen LogP contribution is -2.30. The van der Waals surface area contributed by atoms with Crippen LogP contribution in [0.1, 0.15) is 33.4 Å². The number of halogens is 1. The number of nitrogens with zero attached hydrogens (tertiary/aromatic N) is 2. The first-order chi connectivity index (χ1) is 17.5. The number of carbonyl (C=O) groups excluding carboxylic acids is 1. The number of benzene rings is 3. The van der Waals surface area contributed by atoms with E-state index in [-0.39, 0.29) is 22.3 Å². The van der Waals surface area contributed by atoms with Crippen LogP contribution in [0.25, 0.3) is 11.0 Å². The van der Waals surface area contributed by atoms with Crippen molar-refractivity contribution in [1.29, 1.82) is 0 Å². The van der Waals surface area contributed by atoms with Gasteiger partial charge in [0, 0.05) is 5.69 Å². The Labute approximate surface area is 205 Å². The number of anilines is 1. The smallest absolute Gasteiger partial charge is 0.296 e. The molecule has 176 valence electrons. The highest BCUT2D eigenvalue weighted by Crippen LogP contribution is 2.41. The summed E-state index contributed by atoms with van der Waals surface area (Å²) in [5.74, 6) is 0.419. The van der Waals surface area contributed by atoms with Gasteiger partial charge in [-0.1, -0.05) is 36.4 Å². The second kappa shape index (κ2) is 8.46. The summed E-state index contributed by atoms with van der Waals surface area (Å²) in [5, 5.41) is 0.0716. The SMILES string of the molecule is Cc1cccc(N2C(=O)c3oc4ccc(F)cc4c(=O)c3C2c2cccc(Oc3ccccc3)c2)n1. The molecule has 0 fully saturated rings. The van der Waals surface area contributed by atoms with Crippen molar-refractivity contribution in [3.05, 3.63) is 130 Å². The van der Waals surface area contributed by atoms with Crippen LogP contribution in [-0.4, -0.2) is 10.9 Å². The van der Waals surface area contributed by atoms with Crippen molar-refractivity contribution in [2.75, 3.05) is 4.90 Å². The van der Waals surface area contributed by atoms with Crippen LogP contribution in [0.2, 0.25) is 0 Å². The highest BCUT2D eigenvalue weighted by Gasteiger charge is 2.44. The second-order valence-electron chi connectivity index (χ2n) is 8.52. The monoisotopic (exact) mass is 478 g/mol. The van der Waals surface area contributed by atoms with Gasteiger partial charge in [-0.2, -0.15) is 0 Å². The summed E-state index contributed by atoms with van der Waals surface area (Å²) in [4.78, 5) is 33.3. The van der Waals surface area contributed by atoms with Crippen molar-refractivity contribution in [2.24, 2.45) is 0 Å². The number of hydrogen-bond donors (Lipinski definition) is 0. The normalized spacial score (nSPS) is 14.8. The molecular weight excluding hydrogens is 459 g/mol. The predicted octanol–water partition coefficient (Wildman–Crippen LogP) is 6.18. The molecule has 0 saturated carbocycles. The van der Waals surface area contributed by atoms with Gasteiger partial charge in [-0.15, -0.1) is 0 Å². The second-order valence-corrected chi connectivity index (χ2v) is 8.52. The molecule has 36 heavy (non-hydrogen) atoms. The van der Waals surface area contributed by atoms with E-state index in [0.29, 0.717) is 28.6 Å². The van der Waals surface area contributed by atoms with Crippen molar-refractivity contribution in [1.82, 2.24) is 4.98 Å². The fourth-order valence-electron chi connectivity index (χ4n) is 4.53. The first-order valence-corrected chi connectivity index (χ1v) is 11.4. The fourth-order valence-corrected chi connectivity index (χ4v) is 4.53. The summed E-state index contributed by atoms with van der Waals surface area (Å²) in [5.41, 5.74) is 1.16. The average molecular weight is 478 g/mol. The van der Waals surface area contributed by atoms with Crippen molar-refractivity contribution in [2.45, 2.75) is 13.0 Å². The molecule has 7 heteroatoms. The molecule has 0 N–H and O–H groups in total. The van der Waals surface area contributed by atoms with Crippen LogP contribution >= 0.6 is 0 Å². The zero-order valence-electron chi connectivity index (χ0n) is 19.1. The molecule has 0 saturated heterocycles. The maximum Gasteiger partial charge on any atom is 0.296 e. The lowest BCUT2D eigenvalue weighted by atomic mass is 9.98. The third kappa shape index (κ3) is 3.62. The number of carbonyl (C=O) groups is 1. The largest absolute Gasteiger partial charge is 0.457 e. The number of fused-ring (bicyclic) bond motifs is 2. The summed E-state index contributed by atoms with van der Waals surface area (Å²) in [6.45, 7) is 1.82. The topological polar surface area (TPSA) is 72.6 Å². The number of hydrogen-bond acceptors (Lipinski definition) is 5. The van der Waals surface area contributed by atoms with Crippen molar-refractivity contribution >= 4 is 22.7 Å². The van der Waals surface area contributed by atoms with Gasteiger partial charge >= 0.3 is 0 Å². The van der Waals surface area contributed by atoms with Gasteiger partial charge in [0.2, 0.25) is 5.76 Å². The molecule has 1 atom stereocenters. The number of aryl methyl sites for hydroxylation is 1. The number of para-hydroxylation sites is 1. The molecule has 0 aliphatic carbocycles. The molecule has 3 aromatic carbocycles. The van der Waals surface area contributed by atoms with E-state index in [1.165, 1.54) is 17.0 Å². The third-order valence-corrected chi connectivity index (χ3v) is 6.11. The van der Waals surface area contributed by atoms with Gasteiger partial charge in [0.1, 0.15) is 28.7 Å². The zero-order valence-corrected chi connectivity index (χ0v) is 19.1. The summed E-state index contributed by atoms with van der Waals surface area (Å²) < 4.78 is 25.9. The molecule has 3 heterocycles. The molecule has 1 unspecified atom stereocenters. The van der Waals surface area contributed by atoms with Gasteiger partial charge in [0.25, 0.3) is 5.91 Å². The van der Waals surface area contributed by atoms with Crippen LogP contribution < -0.4 is 15.1 Å². The molecule has 1 amide bonds. The predicted molar refractivity (Wildman–Crippen MR) is 133 cm³/mol. The van der Waals surface area contributed by atoms with Gasteiger partial charge in [-0.3, -0.25) is 14.5 Å². The Morgan fingerprint density at radius 2 is 1.67 bits per heavy atom. The van der Waals surface area contributed by atoms with E-state index in [1.807, 2.05) is 49.4 Å². The van der Waals surface area contributed by atoms with Crippen LogP contribution in [0.4, 0.5) is 10.2 Å². The van der Waals surface area contributed by atoms with Crippen LogP contribution in [0, 0.1) is 12.7 Å². The highest BCUT2D eigenvalue weighted by atomic mass is 19.1. The standard InChI is InChI=1S/C29H19FN2O4/c1-17-7-5-12-24(31-17)32-26(18-8-6-11-21(15-18)35-20-9-3-2-4-10-20)25-27(33)22-16-19(30)13-14-23(22)36-28(25)29(32)34/h2-16,26H,1H3. The molecular formula is C29H19FN2O4. The average Bonchev–Trinajstić information content (AvgIpc) is 3.18. The maximum atomic E-state index is 14.0. The van der Waals surface area contributed by atoms with Crippen LogP contribution in [0.3, 0.4) is 0 Å². The van der Waals surface area contributed by atoms with E-state index >= 15 is 0 Å². The van der Waals surface area contributed by atoms with Crippen molar-refractivity contribution in [3.63, 3.8) is 0 Å². The van der Waals surface area contributed by atoms with Crippen LogP contribution in [-0.2, 0) is 0 Å². The van der Waals surface area contributed by atoms with Crippen molar-refractivity contribution in [3.8, 4) is 11.5 Å². The van der Waals surface area contributed by atoms with E-state index in [1.54, 1.807) is 30.3 Å². The Bertz CT molecular complexity index is 1700. The Kier molecular flexibility index (Phi) is 5.11. The first kappa shape index (κ1) is 21.7. The summed E-state index contributed by atoms with van der Waals surface area (Å²) in [6.07, 6.45) is 0. The number of amides is 1.